The predicted molar refractivity (Wildman–Crippen MR) is 77.6 cm³/mol. The molecular weight excluding hydrogens is 309 g/mol. The Morgan fingerprint density at radius 2 is 2.05 bits per heavy atom. The molecule has 0 aliphatic heterocycles. The summed E-state index contributed by atoms with van der Waals surface area (Å²) in [6.45, 7) is 6.91. The Hall–Kier alpha value is -1.23. The number of alkyl halides is 1. The van der Waals surface area contributed by atoms with Crippen molar-refractivity contribution in [3.8, 4) is 11.4 Å². The van der Waals surface area contributed by atoms with Gasteiger partial charge in [-0.2, -0.15) is 0 Å². The maximum absolute atomic E-state index is 13.3. The lowest BCUT2D eigenvalue weighted by Gasteiger charge is -2.12. The van der Waals surface area contributed by atoms with Gasteiger partial charge in [-0.25, -0.2) is 4.39 Å². The zero-order valence-corrected chi connectivity index (χ0v) is 12.9. The highest BCUT2D eigenvalue weighted by atomic mass is 79.9. The molecule has 0 N–H and O–H groups in total. The molecule has 1 aromatic heterocycles. The van der Waals surface area contributed by atoms with Gasteiger partial charge in [0.2, 0.25) is 0 Å². The number of benzene rings is 1. The number of hydrogen-bond donors (Lipinski definition) is 0. The summed E-state index contributed by atoms with van der Waals surface area (Å²) in [5, 5.41) is 9.09. The van der Waals surface area contributed by atoms with Crippen molar-refractivity contribution in [3.05, 3.63) is 35.4 Å². The van der Waals surface area contributed by atoms with Gasteiger partial charge in [-0.05, 0) is 36.6 Å². The molecule has 0 atom stereocenters. The normalized spacial score (nSPS) is 11.3. The van der Waals surface area contributed by atoms with Crippen molar-refractivity contribution in [2.24, 2.45) is 5.92 Å². The smallest absolute Gasteiger partial charge is 0.164 e. The fourth-order valence-electron chi connectivity index (χ4n) is 1.99. The van der Waals surface area contributed by atoms with Crippen LogP contribution in [-0.4, -0.2) is 14.8 Å². The minimum Gasteiger partial charge on any atom is -0.310 e. The highest BCUT2D eigenvalue weighted by molar-refractivity contribution is 9.08. The van der Waals surface area contributed by atoms with E-state index < -0.39 is 0 Å². The Balaban J connectivity index is 2.48. The van der Waals surface area contributed by atoms with E-state index in [4.69, 9.17) is 0 Å². The summed E-state index contributed by atoms with van der Waals surface area (Å²) in [7, 11) is 0. The molecule has 3 nitrogen and oxygen atoms in total. The minimum atomic E-state index is -0.195. The molecule has 0 aliphatic carbocycles. The van der Waals surface area contributed by atoms with Crippen molar-refractivity contribution in [2.45, 2.75) is 32.6 Å². The molecule has 0 amide bonds. The second-order valence-electron chi connectivity index (χ2n) is 5.04. The van der Waals surface area contributed by atoms with Crippen LogP contribution in [0.3, 0.4) is 0 Å². The third-order valence-corrected chi connectivity index (χ3v) is 3.41. The van der Waals surface area contributed by atoms with Crippen LogP contribution in [-0.2, 0) is 11.9 Å². The topological polar surface area (TPSA) is 30.7 Å². The summed E-state index contributed by atoms with van der Waals surface area (Å²) in [5.74, 6) is 1.99. The van der Waals surface area contributed by atoms with Gasteiger partial charge >= 0.3 is 0 Å². The van der Waals surface area contributed by atoms with Gasteiger partial charge in [0.05, 0.1) is 5.33 Å². The lowest BCUT2D eigenvalue weighted by atomic mass is 10.1. The largest absolute Gasteiger partial charge is 0.310 e. The molecule has 0 bridgehead atoms. The van der Waals surface area contributed by atoms with E-state index in [0.717, 1.165) is 23.8 Å². The molecule has 0 saturated heterocycles. The molecule has 2 aromatic rings. The highest BCUT2D eigenvalue weighted by Gasteiger charge is 2.14. The molecule has 1 aromatic carbocycles. The van der Waals surface area contributed by atoms with Crippen LogP contribution in [0.5, 0.6) is 0 Å². The average Bonchev–Trinajstić information content (AvgIpc) is 2.75. The van der Waals surface area contributed by atoms with Crippen LogP contribution >= 0.6 is 15.9 Å². The lowest BCUT2D eigenvalue weighted by Crippen LogP contribution is -2.09. The minimum absolute atomic E-state index is 0.195. The van der Waals surface area contributed by atoms with E-state index in [2.05, 4.69) is 44.5 Å². The third-order valence-electron chi connectivity index (χ3n) is 2.91. The quantitative estimate of drug-likeness (QED) is 0.797. The summed E-state index contributed by atoms with van der Waals surface area (Å²) in [4.78, 5) is 0. The van der Waals surface area contributed by atoms with E-state index in [1.54, 1.807) is 13.0 Å². The first-order valence-corrected chi connectivity index (χ1v) is 7.39. The maximum atomic E-state index is 13.3. The second-order valence-corrected chi connectivity index (χ2v) is 5.60. The van der Waals surface area contributed by atoms with Crippen LogP contribution in [0.4, 0.5) is 4.39 Å². The molecule has 5 heteroatoms. The van der Waals surface area contributed by atoms with E-state index in [9.17, 15) is 4.39 Å². The van der Waals surface area contributed by atoms with Crippen LogP contribution in [0.15, 0.2) is 18.2 Å². The fraction of sp³-hybridized carbons (Fsp3) is 0.429. The van der Waals surface area contributed by atoms with Gasteiger partial charge in [-0.15, -0.1) is 10.2 Å². The van der Waals surface area contributed by atoms with E-state index in [-0.39, 0.29) is 5.82 Å². The standard InChI is InChI=1S/C14H17BrFN3/c1-9(2)8-19-13(7-15)17-18-14(19)11-4-5-12(16)10(3)6-11/h4-6,9H,7-8H2,1-3H3. The average molecular weight is 326 g/mol. The van der Waals surface area contributed by atoms with Gasteiger partial charge in [-0.1, -0.05) is 29.8 Å². The summed E-state index contributed by atoms with van der Waals surface area (Å²) in [6, 6.07) is 5.04. The fourth-order valence-corrected chi connectivity index (χ4v) is 2.40. The van der Waals surface area contributed by atoms with Gasteiger partial charge in [-0.3, -0.25) is 0 Å². The van der Waals surface area contributed by atoms with Crippen molar-refractivity contribution in [2.75, 3.05) is 0 Å². The number of rotatable bonds is 4. The molecular formula is C14H17BrFN3. The molecule has 0 spiro atoms. The van der Waals surface area contributed by atoms with Crippen molar-refractivity contribution in [3.63, 3.8) is 0 Å². The number of hydrogen-bond acceptors (Lipinski definition) is 2. The van der Waals surface area contributed by atoms with Crippen LogP contribution in [0.2, 0.25) is 0 Å². The van der Waals surface area contributed by atoms with E-state index in [0.29, 0.717) is 16.8 Å². The van der Waals surface area contributed by atoms with Gasteiger partial charge in [0, 0.05) is 12.1 Å². The monoisotopic (exact) mass is 325 g/mol. The van der Waals surface area contributed by atoms with Crippen LogP contribution in [0, 0.1) is 18.7 Å². The lowest BCUT2D eigenvalue weighted by molar-refractivity contribution is 0.516. The van der Waals surface area contributed by atoms with Gasteiger partial charge in [0.15, 0.2) is 5.82 Å². The number of nitrogens with zero attached hydrogens (tertiary/aromatic N) is 3. The highest BCUT2D eigenvalue weighted by Crippen LogP contribution is 2.23. The van der Waals surface area contributed by atoms with Crippen molar-refractivity contribution < 1.29 is 4.39 Å². The predicted octanol–water partition coefficient (Wildman–Crippen LogP) is 3.94. The van der Waals surface area contributed by atoms with Crippen LogP contribution in [0.1, 0.15) is 25.2 Å². The van der Waals surface area contributed by atoms with Gasteiger partial charge < -0.3 is 4.57 Å². The van der Waals surface area contributed by atoms with E-state index in [1.807, 2.05) is 6.07 Å². The Morgan fingerprint density at radius 3 is 2.63 bits per heavy atom. The first kappa shape index (κ1) is 14.2. The van der Waals surface area contributed by atoms with Crippen LogP contribution < -0.4 is 0 Å². The van der Waals surface area contributed by atoms with Gasteiger partial charge in [0.1, 0.15) is 11.6 Å². The zero-order valence-electron chi connectivity index (χ0n) is 11.3. The molecule has 19 heavy (non-hydrogen) atoms. The maximum Gasteiger partial charge on any atom is 0.164 e. The van der Waals surface area contributed by atoms with E-state index >= 15 is 0 Å². The number of halogens is 2. The molecule has 2 rings (SSSR count). The molecule has 0 unspecified atom stereocenters. The van der Waals surface area contributed by atoms with Gasteiger partial charge in [0.25, 0.3) is 0 Å². The summed E-state index contributed by atoms with van der Waals surface area (Å²) >= 11 is 3.43. The molecule has 0 aliphatic rings. The molecule has 1 heterocycles. The van der Waals surface area contributed by atoms with Crippen molar-refractivity contribution >= 4 is 15.9 Å². The van der Waals surface area contributed by atoms with Crippen molar-refractivity contribution in [1.82, 2.24) is 14.8 Å². The Morgan fingerprint density at radius 1 is 1.32 bits per heavy atom. The first-order valence-electron chi connectivity index (χ1n) is 6.27. The summed E-state index contributed by atoms with van der Waals surface area (Å²) < 4.78 is 15.4. The molecule has 0 radical (unpaired) electrons. The molecule has 0 fully saturated rings. The zero-order chi connectivity index (χ0) is 14.0. The number of aromatic nitrogens is 3. The van der Waals surface area contributed by atoms with Crippen LogP contribution in [0.25, 0.3) is 11.4 Å². The SMILES string of the molecule is Cc1cc(-c2nnc(CBr)n2CC(C)C)ccc1F. The Kier molecular flexibility index (Phi) is 4.34. The first-order chi connectivity index (χ1) is 9.02. The summed E-state index contributed by atoms with van der Waals surface area (Å²) in [5.41, 5.74) is 1.52. The van der Waals surface area contributed by atoms with E-state index in [1.165, 1.54) is 6.07 Å². The Bertz CT molecular complexity index is 578. The second kappa shape index (κ2) is 5.82. The molecule has 102 valence electrons. The number of aryl methyl sites for hydroxylation is 1. The third kappa shape index (κ3) is 3.03. The molecule has 0 saturated carbocycles. The Labute approximate surface area is 121 Å². The van der Waals surface area contributed by atoms with Crippen molar-refractivity contribution in [1.29, 1.82) is 0 Å². The summed E-state index contributed by atoms with van der Waals surface area (Å²) in [6.07, 6.45) is 0.